The quantitative estimate of drug-likeness (QED) is 0.406. The first-order chi connectivity index (χ1) is 10.5. The van der Waals surface area contributed by atoms with Gasteiger partial charge in [0.15, 0.2) is 5.96 Å². The van der Waals surface area contributed by atoms with Crippen molar-refractivity contribution in [3.05, 3.63) is 34.6 Å². The lowest BCUT2D eigenvalue weighted by atomic mass is 10.0. The molecule has 0 saturated carbocycles. The monoisotopic (exact) mass is 455 g/mol. The van der Waals surface area contributed by atoms with Crippen molar-refractivity contribution in [3.63, 3.8) is 0 Å². The van der Waals surface area contributed by atoms with Crippen LogP contribution in [0, 0.1) is 5.82 Å². The van der Waals surface area contributed by atoms with Gasteiger partial charge in [-0.25, -0.2) is 4.39 Å². The fourth-order valence-corrected chi connectivity index (χ4v) is 2.80. The maximum atomic E-state index is 13.7. The molecule has 2 rings (SSSR count). The van der Waals surface area contributed by atoms with Crippen molar-refractivity contribution in [2.45, 2.75) is 31.8 Å². The van der Waals surface area contributed by atoms with Crippen molar-refractivity contribution in [1.82, 2.24) is 10.6 Å². The van der Waals surface area contributed by atoms with Crippen LogP contribution in [0.1, 0.15) is 25.3 Å². The van der Waals surface area contributed by atoms with Crippen molar-refractivity contribution in [2.75, 3.05) is 26.7 Å². The number of nitrogens with zero attached hydrogens (tertiary/aromatic N) is 1. The van der Waals surface area contributed by atoms with E-state index in [1.165, 1.54) is 6.07 Å². The number of nitrogens with one attached hydrogen (secondary N) is 2. The van der Waals surface area contributed by atoms with Gasteiger partial charge in [-0.05, 0) is 38.3 Å². The van der Waals surface area contributed by atoms with Crippen molar-refractivity contribution in [3.8, 4) is 0 Å². The number of benzene rings is 1. The van der Waals surface area contributed by atoms with Crippen molar-refractivity contribution in [1.29, 1.82) is 0 Å². The van der Waals surface area contributed by atoms with Gasteiger partial charge >= 0.3 is 0 Å². The normalized spacial score (nSPS) is 21.0. The molecule has 0 amide bonds. The zero-order valence-electron chi connectivity index (χ0n) is 13.5. The van der Waals surface area contributed by atoms with Gasteiger partial charge < -0.3 is 15.4 Å². The molecule has 2 N–H and O–H groups in total. The highest BCUT2D eigenvalue weighted by Crippen LogP contribution is 2.23. The number of halogens is 3. The second-order valence-corrected chi connectivity index (χ2v) is 6.11. The third kappa shape index (κ3) is 6.08. The van der Waals surface area contributed by atoms with E-state index >= 15 is 0 Å². The van der Waals surface area contributed by atoms with Crippen LogP contribution in [0.25, 0.3) is 0 Å². The molecule has 1 fully saturated rings. The summed E-state index contributed by atoms with van der Waals surface area (Å²) < 4.78 is 19.4. The average Bonchev–Trinajstić information content (AvgIpc) is 2.92. The fraction of sp³-hybridized carbons (Fsp3) is 0.562. The molecule has 0 radical (unpaired) electrons. The SMILES string of the molecule is CN=C(NCCc1c(F)cccc1Cl)NCC1(C)CCCO1.I. The van der Waals surface area contributed by atoms with E-state index in [1.807, 2.05) is 0 Å². The Morgan fingerprint density at radius 1 is 1.43 bits per heavy atom. The third-order valence-electron chi connectivity index (χ3n) is 3.88. The molecular formula is C16H24ClFIN3O. The molecule has 1 heterocycles. The first-order valence-electron chi connectivity index (χ1n) is 7.55. The molecule has 0 aliphatic carbocycles. The van der Waals surface area contributed by atoms with E-state index in [1.54, 1.807) is 19.2 Å². The number of aliphatic imine (C=N–C) groups is 1. The molecule has 1 saturated heterocycles. The van der Waals surface area contributed by atoms with E-state index in [0.717, 1.165) is 19.4 Å². The van der Waals surface area contributed by atoms with Crippen LogP contribution >= 0.6 is 35.6 Å². The number of hydrogen-bond donors (Lipinski definition) is 2. The minimum absolute atomic E-state index is 0. The van der Waals surface area contributed by atoms with E-state index in [0.29, 0.717) is 36.1 Å². The smallest absolute Gasteiger partial charge is 0.191 e. The summed E-state index contributed by atoms with van der Waals surface area (Å²) in [4.78, 5) is 4.17. The summed E-state index contributed by atoms with van der Waals surface area (Å²) in [6.45, 7) is 4.17. The highest BCUT2D eigenvalue weighted by Gasteiger charge is 2.29. The van der Waals surface area contributed by atoms with Crippen LogP contribution in [-0.4, -0.2) is 38.3 Å². The van der Waals surface area contributed by atoms with Crippen LogP contribution in [0.15, 0.2) is 23.2 Å². The Labute approximate surface area is 159 Å². The highest BCUT2D eigenvalue weighted by atomic mass is 127. The van der Waals surface area contributed by atoms with Gasteiger partial charge in [0.25, 0.3) is 0 Å². The number of rotatable bonds is 5. The first kappa shape index (κ1) is 20.4. The highest BCUT2D eigenvalue weighted by molar-refractivity contribution is 14.0. The molecule has 4 nitrogen and oxygen atoms in total. The number of hydrogen-bond acceptors (Lipinski definition) is 2. The van der Waals surface area contributed by atoms with Crippen LogP contribution in [-0.2, 0) is 11.2 Å². The molecule has 1 aliphatic rings. The zero-order valence-corrected chi connectivity index (χ0v) is 16.6. The molecule has 0 aromatic heterocycles. The number of guanidine groups is 1. The van der Waals surface area contributed by atoms with Gasteiger partial charge in [-0.3, -0.25) is 4.99 Å². The van der Waals surface area contributed by atoms with Gasteiger partial charge in [-0.2, -0.15) is 0 Å². The molecule has 1 unspecified atom stereocenters. The Hall–Kier alpha value is -0.600. The Morgan fingerprint density at radius 2 is 2.22 bits per heavy atom. The molecule has 7 heteroatoms. The Kier molecular flexibility index (Phi) is 8.57. The molecule has 23 heavy (non-hydrogen) atoms. The Morgan fingerprint density at radius 3 is 2.83 bits per heavy atom. The molecule has 0 bridgehead atoms. The van der Waals surface area contributed by atoms with E-state index < -0.39 is 0 Å². The summed E-state index contributed by atoms with van der Waals surface area (Å²) in [5.74, 6) is 0.410. The third-order valence-corrected chi connectivity index (χ3v) is 4.24. The van der Waals surface area contributed by atoms with Crippen LogP contribution in [0.3, 0.4) is 0 Å². The van der Waals surface area contributed by atoms with Crippen molar-refractivity contribution in [2.24, 2.45) is 4.99 Å². The second kappa shape index (κ2) is 9.64. The summed E-state index contributed by atoms with van der Waals surface area (Å²) >= 11 is 6.01. The molecule has 1 aliphatic heterocycles. The Bertz CT molecular complexity index is 516. The molecule has 1 aromatic carbocycles. The minimum atomic E-state index is -0.274. The summed E-state index contributed by atoms with van der Waals surface area (Å²) in [7, 11) is 1.71. The zero-order chi connectivity index (χ0) is 16.0. The van der Waals surface area contributed by atoms with Gasteiger partial charge in [0, 0.05) is 37.3 Å². The lowest BCUT2D eigenvalue weighted by Gasteiger charge is -2.24. The van der Waals surface area contributed by atoms with Gasteiger partial charge in [0.1, 0.15) is 5.82 Å². The molecule has 1 atom stereocenters. The van der Waals surface area contributed by atoms with E-state index in [9.17, 15) is 4.39 Å². The minimum Gasteiger partial charge on any atom is -0.373 e. The second-order valence-electron chi connectivity index (χ2n) is 5.70. The van der Waals surface area contributed by atoms with Crippen LogP contribution in [0.2, 0.25) is 5.02 Å². The largest absolute Gasteiger partial charge is 0.373 e. The lowest BCUT2D eigenvalue weighted by molar-refractivity contribution is 0.0243. The van der Waals surface area contributed by atoms with Gasteiger partial charge in [-0.15, -0.1) is 24.0 Å². The fourth-order valence-electron chi connectivity index (χ4n) is 2.54. The summed E-state index contributed by atoms with van der Waals surface area (Å²) in [5, 5.41) is 6.88. The lowest BCUT2D eigenvalue weighted by Crippen LogP contribution is -2.46. The van der Waals surface area contributed by atoms with E-state index in [-0.39, 0.29) is 35.4 Å². The van der Waals surface area contributed by atoms with Crippen LogP contribution in [0.4, 0.5) is 4.39 Å². The van der Waals surface area contributed by atoms with Crippen LogP contribution in [0.5, 0.6) is 0 Å². The average molecular weight is 456 g/mol. The maximum Gasteiger partial charge on any atom is 0.191 e. The standard InChI is InChI=1S/C16H23ClFN3O.HI/c1-16(8-4-10-22-16)11-21-15(19-2)20-9-7-12-13(17)5-3-6-14(12)18;/h3,5-6H,4,7-11H2,1-2H3,(H2,19,20,21);1H. The molecule has 1 aromatic rings. The molecule has 130 valence electrons. The summed E-state index contributed by atoms with van der Waals surface area (Å²) in [5.41, 5.74) is 0.394. The number of ether oxygens (including phenoxy) is 1. The van der Waals surface area contributed by atoms with Crippen LogP contribution < -0.4 is 10.6 Å². The predicted octanol–water partition coefficient (Wildman–Crippen LogP) is 3.37. The van der Waals surface area contributed by atoms with Crippen molar-refractivity contribution >= 4 is 41.5 Å². The molecule has 0 spiro atoms. The van der Waals surface area contributed by atoms with Gasteiger partial charge in [0.05, 0.1) is 5.60 Å². The topological polar surface area (TPSA) is 45.7 Å². The molecular weight excluding hydrogens is 432 g/mol. The Balaban J connectivity index is 0.00000264. The van der Waals surface area contributed by atoms with Gasteiger partial charge in [-0.1, -0.05) is 17.7 Å². The van der Waals surface area contributed by atoms with E-state index in [4.69, 9.17) is 16.3 Å². The van der Waals surface area contributed by atoms with E-state index in [2.05, 4.69) is 22.5 Å². The summed E-state index contributed by atoms with van der Waals surface area (Å²) in [6, 6.07) is 4.73. The van der Waals surface area contributed by atoms with Crippen molar-refractivity contribution < 1.29 is 9.13 Å². The first-order valence-corrected chi connectivity index (χ1v) is 7.93. The summed E-state index contributed by atoms with van der Waals surface area (Å²) in [6.07, 6.45) is 2.64. The maximum absolute atomic E-state index is 13.7. The van der Waals surface area contributed by atoms with Gasteiger partial charge in [0.2, 0.25) is 0 Å². The predicted molar refractivity (Wildman–Crippen MR) is 103 cm³/mol.